The molecular formula is C14H17N3O2S. The zero-order valence-corrected chi connectivity index (χ0v) is 12.4. The molecule has 1 amide bonds. The van der Waals surface area contributed by atoms with Gasteiger partial charge in [0.05, 0.1) is 30.1 Å². The fraction of sp³-hybridized carbons (Fsp3) is 0.429. The van der Waals surface area contributed by atoms with Gasteiger partial charge in [-0.05, 0) is 18.4 Å². The summed E-state index contributed by atoms with van der Waals surface area (Å²) in [6.07, 6.45) is 1.84. The Labute approximate surface area is 121 Å². The van der Waals surface area contributed by atoms with E-state index < -0.39 is 0 Å². The number of aromatic nitrogens is 2. The number of carbonyl (C=O) groups excluding carboxylic acids is 1. The van der Waals surface area contributed by atoms with Crippen LogP contribution in [0.25, 0.3) is 0 Å². The lowest BCUT2D eigenvalue weighted by Crippen LogP contribution is -2.41. The number of imidazole rings is 1. The third-order valence-electron chi connectivity index (χ3n) is 3.70. The smallest absolute Gasteiger partial charge is 0.255 e. The third kappa shape index (κ3) is 2.14. The van der Waals surface area contributed by atoms with Crippen molar-refractivity contribution >= 4 is 17.2 Å². The Morgan fingerprint density at radius 2 is 2.40 bits per heavy atom. The van der Waals surface area contributed by atoms with Gasteiger partial charge in [0.1, 0.15) is 5.82 Å². The van der Waals surface area contributed by atoms with Crippen LogP contribution < -0.4 is 0 Å². The summed E-state index contributed by atoms with van der Waals surface area (Å²) in [5.74, 6) is 1.02. The molecule has 1 aliphatic heterocycles. The second kappa shape index (κ2) is 5.38. The van der Waals surface area contributed by atoms with E-state index in [1.807, 2.05) is 34.8 Å². The van der Waals surface area contributed by atoms with Crippen molar-refractivity contribution in [2.24, 2.45) is 0 Å². The largest absolute Gasteiger partial charge is 0.378 e. The number of hydrogen-bond donors (Lipinski definition) is 0. The molecule has 3 heterocycles. The molecule has 1 aliphatic rings. The van der Waals surface area contributed by atoms with Crippen LogP contribution in [0.2, 0.25) is 0 Å². The molecule has 0 unspecified atom stereocenters. The lowest BCUT2D eigenvalue weighted by atomic mass is 10.1. The van der Waals surface area contributed by atoms with Crippen molar-refractivity contribution in [1.29, 1.82) is 0 Å². The molecule has 0 aliphatic carbocycles. The highest BCUT2D eigenvalue weighted by atomic mass is 32.1. The zero-order valence-electron chi connectivity index (χ0n) is 11.6. The van der Waals surface area contributed by atoms with Gasteiger partial charge in [0.2, 0.25) is 0 Å². The molecule has 3 rings (SSSR count). The maximum Gasteiger partial charge on any atom is 0.255 e. The molecule has 2 aromatic rings. The van der Waals surface area contributed by atoms with Crippen molar-refractivity contribution in [2.75, 3.05) is 13.7 Å². The van der Waals surface area contributed by atoms with E-state index in [2.05, 4.69) is 9.55 Å². The predicted molar refractivity (Wildman–Crippen MR) is 76.7 cm³/mol. The predicted octanol–water partition coefficient (Wildman–Crippen LogP) is 2.31. The van der Waals surface area contributed by atoms with Gasteiger partial charge in [-0.25, -0.2) is 4.98 Å². The number of amides is 1. The van der Waals surface area contributed by atoms with E-state index in [0.29, 0.717) is 13.2 Å². The molecule has 20 heavy (non-hydrogen) atoms. The Hall–Kier alpha value is -1.66. The van der Waals surface area contributed by atoms with Gasteiger partial charge in [-0.2, -0.15) is 11.3 Å². The number of methoxy groups -OCH3 is 1. The SMILES string of the molecule is COCc1cnc2n1CCN(C(=O)c1ccsc1)[C@@H]2C. The minimum Gasteiger partial charge on any atom is -0.378 e. The van der Waals surface area contributed by atoms with Crippen LogP contribution in [0, 0.1) is 0 Å². The van der Waals surface area contributed by atoms with E-state index in [-0.39, 0.29) is 11.9 Å². The van der Waals surface area contributed by atoms with Gasteiger partial charge < -0.3 is 14.2 Å². The molecule has 5 nitrogen and oxygen atoms in total. The molecule has 2 aromatic heterocycles. The molecule has 106 valence electrons. The summed E-state index contributed by atoms with van der Waals surface area (Å²) in [5, 5.41) is 3.83. The van der Waals surface area contributed by atoms with E-state index >= 15 is 0 Å². The first-order valence-corrected chi connectivity index (χ1v) is 7.53. The topological polar surface area (TPSA) is 47.4 Å². The molecule has 0 spiro atoms. The summed E-state index contributed by atoms with van der Waals surface area (Å²) < 4.78 is 7.34. The molecule has 0 fully saturated rings. The summed E-state index contributed by atoms with van der Waals surface area (Å²) in [7, 11) is 1.68. The lowest BCUT2D eigenvalue weighted by Gasteiger charge is -2.34. The molecule has 0 radical (unpaired) electrons. The summed E-state index contributed by atoms with van der Waals surface area (Å²) >= 11 is 1.54. The van der Waals surface area contributed by atoms with Gasteiger partial charge in [-0.3, -0.25) is 4.79 Å². The van der Waals surface area contributed by atoms with Crippen molar-refractivity contribution in [3.05, 3.63) is 40.1 Å². The fourth-order valence-corrected chi connectivity index (χ4v) is 3.28. The summed E-state index contributed by atoms with van der Waals surface area (Å²) in [6, 6.07) is 1.86. The minimum absolute atomic E-state index is 0.0123. The van der Waals surface area contributed by atoms with Crippen molar-refractivity contribution in [1.82, 2.24) is 14.5 Å². The van der Waals surface area contributed by atoms with Gasteiger partial charge in [0.15, 0.2) is 0 Å². The molecule has 0 N–H and O–H groups in total. The second-order valence-corrected chi connectivity index (χ2v) is 5.66. The first-order valence-electron chi connectivity index (χ1n) is 6.58. The number of carbonyl (C=O) groups is 1. The number of hydrogen-bond acceptors (Lipinski definition) is 4. The second-order valence-electron chi connectivity index (χ2n) is 4.88. The summed E-state index contributed by atoms with van der Waals surface area (Å²) in [6.45, 7) is 4.06. The fourth-order valence-electron chi connectivity index (χ4n) is 2.65. The highest BCUT2D eigenvalue weighted by Gasteiger charge is 2.30. The van der Waals surface area contributed by atoms with Crippen LogP contribution >= 0.6 is 11.3 Å². The van der Waals surface area contributed by atoms with Crippen LogP contribution in [-0.4, -0.2) is 34.0 Å². The van der Waals surface area contributed by atoms with Gasteiger partial charge in [-0.15, -0.1) is 0 Å². The van der Waals surface area contributed by atoms with Crippen molar-refractivity contribution in [3.8, 4) is 0 Å². The highest BCUT2D eigenvalue weighted by molar-refractivity contribution is 7.08. The van der Waals surface area contributed by atoms with E-state index in [0.717, 1.165) is 23.6 Å². The Morgan fingerprint density at radius 1 is 1.55 bits per heavy atom. The number of thiophene rings is 1. The maximum absolute atomic E-state index is 12.5. The molecule has 1 atom stereocenters. The monoisotopic (exact) mass is 291 g/mol. The number of nitrogens with zero attached hydrogens (tertiary/aromatic N) is 3. The van der Waals surface area contributed by atoms with Gasteiger partial charge >= 0.3 is 0 Å². The molecular weight excluding hydrogens is 274 g/mol. The van der Waals surface area contributed by atoms with Gasteiger partial charge in [-0.1, -0.05) is 0 Å². The van der Waals surface area contributed by atoms with Crippen LogP contribution in [0.4, 0.5) is 0 Å². The van der Waals surface area contributed by atoms with Crippen molar-refractivity contribution in [3.63, 3.8) is 0 Å². The molecule has 6 heteroatoms. The minimum atomic E-state index is -0.0123. The number of fused-ring (bicyclic) bond motifs is 1. The Morgan fingerprint density at radius 3 is 3.10 bits per heavy atom. The molecule has 0 saturated carbocycles. The summed E-state index contributed by atoms with van der Waals surface area (Å²) in [4.78, 5) is 18.8. The third-order valence-corrected chi connectivity index (χ3v) is 4.38. The van der Waals surface area contributed by atoms with E-state index in [9.17, 15) is 4.79 Å². The zero-order chi connectivity index (χ0) is 14.1. The first kappa shape index (κ1) is 13.3. The first-order chi connectivity index (χ1) is 9.72. The standard InChI is InChI=1S/C14H17N3O2S/c1-10-13-15-7-12(8-19-2)17(13)5-4-16(10)14(18)11-3-6-20-9-11/h3,6-7,9-10H,4-5,8H2,1-2H3/t10-/m1/s1. The van der Waals surface area contributed by atoms with Crippen LogP contribution in [0.15, 0.2) is 23.0 Å². The van der Waals surface area contributed by atoms with Crippen LogP contribution in [0.3, 0.4) is 0 Å². The normalized spacial score (nSPS) is 18.1. The Kier molecular flexibility index (Phi) is 3.58. The van der Waals surface area contributed by atoms with E-state index in [1.54, 1.807) is 18.4 Å². The van der Waals surface area contributed by atoms with Crippen molar-refractivity contribution in [2.45, 2.75) is 26.1 Å². The van der Waals surface area contributed by atoms with Crippen LogP contribution in [-0.2, 0) is 17.9 Å². The van der Waals surface area contributed by atoms with Crippen LogP contribution in [0.1, 0.15) is 34.8 Å². The average Bonchev–Trinajstić information content (AvgIpc) is 3.09. The quantitative estimate of drug-likeness (QED) is 0.872. The molecule has 0 aromatic carbocycles. The Balaban J connectivity index is 1.86. The van der Waals surface area contributed by atoms with E-state index in [4.69, 9.17) is 4.74 Å². The van der Waals surface area contributed by atoms with Gasteiger partial charge in [0.25, 0.3) is 5.91 Å². The average molecular weight is 291 g/mol. The Bertz CT molecular complexity index is 606. The van der Waals surface area contributed by atoms with Crippen molar-refractivity contribution < 1.29 is 9.53 Å². The maximum atomic E-state index is 12.5. The van der Waals surface area contributed by atoms with E-state index in [1.165, 1.54) is 0 Å². The van der Waals surface area contributed by atoms with Gasteiger partial charge in [0, 0.05) is 25.6 Å². The molecule has 0 bridgehead atoms. The number of ether oxygens (including phenoxy) is 1. The van der Waals surface area contributed by atoms with Crippen LogP contribution in [0.5, 0.6) is 0 Å². The lowest BCUT2D eigenvalue weighted by molar-refractivity contribution is 0.0633. The number of rotatable bonds is 3. The highest BCUT2D eigenvalue weighted by Crippen LogP contribution is 2.27. The molecule has 0 saturated heterocycles. The summed E-state index contributed by atoms with van der Waals surface area (Å²) in [5.41, 5.74) is 1.83.